The van der Waals surface area contributed by atoms with Crippen molar-refractivity contribution in [1.82, 2.24) is 0 Å². The smallest absolute Gasteiger partial charge is 0.157 e. The summed E-state index contributed by atoms with van der Waals surface area (Å²) >= 11 is 0. The molecule has 0 saturated carbocycles. The molecule has 0 radical (unpaired) electrons. The van der Waals surface area contributed by atoms with Crippen LogP contribution >= 0.6 is 0 Å². The van der Waals surface area contributed by atoms with Crippen LogP contribution in [0.15, 0.2) is 127 Å². The highest BCUT2D eigenvalue weighted by atomic mass is 16.3. The van der Waals surface area contributed by atoms with Crippen LogP contribution in [0.1, 0.15) is 91.3 Å². The summed E-state index contributed by atoms with van der Waals surface area (Å²) in [7, 11) is 0. The second kappa shape index (κ2) is 16.4. The molecular weight excluding hydrogens is 881 g/mol. The fourth-order valence-electron chi connectivity index (χ4n) is 9.64. The quantitative estimate of drug-likeness (QED) is 0.0736. The van der Waals surface area contributed by atoms with Gasteiger partial charge in [0.15, 0.2) is 40.3 Å². The van der Waals surface area contributed by atoms with E-state index in [0.29, 0.717) is 0 Å². The molecule has 3 atom stereocenters. The molecule has 0 amide bonds. The van der Waals surface area contributed by atoms with Crippen molar-refractivity contribution in [2.45, 2.75) is 30.1 Å². The van der Waals surface area contributed by atoms with Crippen molar-refractivity contribution in [3.63, 3.8) is 0 Å². The number of hydrogen-bond acceptors (Lipinski definition) is 16. The molecule has 3 unspecified atom stereocenters. The number of phenolic OH excluding ortho intramolecular Hbond substituents is 14. The van der Waals surface area contributed by atoms with Gasteiger partial charge in [0.1, 0.15) is 51.8 Å². The van der Waals surface area contributed by atoms with E-state index in [0.717, 1.165) is 60.7 Å². The summed E-state index contributed by atoms with van der Waals surface area (Å²) in [6, 6.07) is 20.2. The van der Waals surface area contributed by atoms with Gasteiger partial charge in [-0.2, -0.15) is 0 Å². The van der Waals surface area contributed by atoms with Gasteiger partial charge in [0.05, 0.1) is 0 Å². The van der Waals surface area contributed by atoms with Gasteiger partial charge in [0, 0.05) is 98.9 Å². The average molecular weight is 923 g/mol. The average Bonchev–Trinajstić information content (AvgIpc) is 3.27. The van der Waals surface area contributed by atoms with Crippen LogP contribution in [-0.2, 0) is 0 Å². The fraction of sp³-hybridized carbons (Fsp3) is 0.115. The Hall–Kier alpha value is -9.18. The summed E-state index contributed by atoms with van der Waals surface area (Å²) in [6.07, 6.45) is 2.42. The lowest BCUT2D eigenvalue weighted by Crippen LogP contribution is -2.18. The largest absolute Gasteiger partial charge is 0.508 e. The van der Waals surface area contributed by atoms with E-state index in [1.165, 1.54) is 54.6 Å². The molecule has 0 spiro atoms. The Balaban J connectivity index is 1.48. The van der Waals surface area contributed by atoms with E-state index in [-0.39, 0.29) is 67.6 Å². The molecule has 68 heavy (non-hydrogen) atoms. The predicted octanol–water partition coefficient (Wildman–Crippen LogP) is 8.45. The zero-order valence-corrected chi connectivity index (χ0v) is 35.2. The van der Waals surface area contributed by atoms with Gasteiger partial charge in [-0.3, -0.25) is 0 Å². The molecule has 8 bridgehead atoms. The number of aliphatic hydroxyl groups is 2. The van der Waals surface area contributed by atoms with E-state index in [9.17, 15) is 81.7 Å². The number of rotatable bonds is 4. The van der Waals surface area contributed by atoms with Crippen LogP contribution < -0.4 is 0 Å². The van der Waals surface area contributed by atoms with E-state index < -0.39 is 122 Å². The predicted molar refractivity (Wildman–Crippen MR) is 243 cm³/mol. The topological polar surface area (TPSA) is 324 Å². The maximum absolute atomic E-state index is 11.9. The number of hydrogen-bond donors (Lipinski definition) is 16. The minimum atomic E-state index is -1.40. The zero-order chi connectivity index (χ0) is 48.6. The summed E-state index contributed by atoms with van der Waals surface area (Å²) in [4.78, 5) is 0. The van der Waals surface area contributed by atoms with Crippen molar-refractivity contribution in [2.24, 2.45) is 5.92 Å². The molecule has 16 N–H and O–H groups in total. The maximum Gasteiger partial charge on any atom is 0.157 e. The Morgan fingerprint density at radius 3 is 0.838 bits per heavy atom. The maximum atomic E-state index is 11.9. The Morgan fingerprint density at radius 2 is 0.559 bits per heavy atom. The summed E-state index contributed by atoms with van der Waals surface area (Å²) in [6.45, 7) is 0. The minimum absolute atomic E-state index is 0.0433. The minimum Gasteiger partial charge on any atom is -0.508 e. The van der Waals surface area contributed by atoms with Crippen molar-refractivity contribution >= 4 is 0 Å². The van der Waals surface area contributed by atoms with E-state index in [4.69, 9.17) is 0 Å². The van der Waals surface area contributed by atoms with Crippen molar-refractivity contribution in [2.75, 3.05) is 0 Å². The Bertz CT molecular complexity index is 3110. The summed E-state index contributed by atoms with van der Waals surface area (Å²) in [5.74, 6) is -15.4. The second-order valence-corrected chi connectivity index (χ2v) is 17.0. The summed E-state index contributed by atoms with van der Waals surface area (Å²) < 4.78 is 0. The van der Waals surface area contributed by atoms with Gasteiger partial charge >= 0.3 is 0 Å². The lowest BCUT2D eigenvalue weighted by Gasteiger charge is -2.32. The van der Waals surface area contributed by atoms with E-state index >= 15 is 0 Å². The molecule has 2 aliphatic rings. The highest BCUT2D eigenvalue weighted by Crippen LogP contribution is 2.55. The lowest BCUT2D eigenvalue weighted by molar-refractivity contribution is 0.295. The first kappa shape index (κ1) is 44.0. The van der Waals surface area contributed by atoms with Crippen LogP contribution in [0.3, 0.4) is 0 Å². The second-order valence-electron chi connectivity index (χ2n) is 17.0. The van der Waals surface area contributed by atoms with Gasteiger partial charge in [0.2, 0.25) is 0 Å². The lowest BCUT2D eigenvalue weighted by atomic mass is 9.72. The van der Waals surface area contributed by atoms with E-state index in [2.05, 4.69) is 0 Å². The third-order valence-corrected chi connectivity index (χ3v) is 12.9. The Morgan fingerprint density at radius 1 is 0.279 bits per heavy atom. The number of phenols is 14. The molecule has 7 aromatic rings. The van der Waals surface area contributed by atoms with Gasteiger partial charge in [-0.05, 0) is 89.3 Å². The fourth-order valence-corrected chi connectivity index (χ4v) is 9.64. The number of aliphatic hydroxyl groups excluding tert-OH is 2. The third kappa shape index (κ3) is 7.39. The van der Waals surface area contributed by atoms with E-state index in [1.807, 2.05) is 0 Å². The van der Waals surface area contributed by atoms with Crippen LogP contribution in [0, 0.1) is 5.92 Å². The molecule has 0 aliphatic heterocycles. The van der Waals surface area contributed by atoms with Crippen LogP contribution in [0.4, 0.5) is 0 Å². The summed E-state index contributed by atoms with van der Waals surface area (Å²) in [5.41, 5.74) is -0.320. The van der Waals surface area contributed by atoms with Crippen molar-refractivity contribution in [3.05, 3.63) is 188 Å². The Kier molecular flexibility index (Phi) is 10.6. The molecule has 2 aliphatic carbocycles. The number of aromatic hydroxyl groups is 14. The molecule has 16 heteroatoms. The SMILES string of the molecule is OC1=C(O)CC(C2c3cc(c(O)cc3O)C(c3ccc(O)c(O)c3)c3cc(c(O)cc3O)C(c3ccc(O)c(O)c3)c3cc(c(O)cc3O)C(c3ccc(O)c(O)c3)c3cc2c(O)cc3O)C=C1. The van der Waals surface area contributed by atoms with Crippen LogP contribution in [0.5, 0.6) is 80.5 Å². The Labute approximate surface area is 385 Å². The van der Waals surface area contributed by atoms with Crippen LogP contribution in [0.25, 0.3) is 0 Å². The third-order valence-electron chi connectivity index (χ3n) is 12.9. The van der Waals surface area contributed by atoms with Crippen molar-refractivity contribution in [3.8, 4) is 80.5 Å². The molecule has 0 fully saturated rings. The summed E-state index contributed by atoms with van der Waals surface area (Å²) in [5, 5.41) is 180. The number of allylic oxidation sites excluding steroid dienone is 3. The van der Waals surface area contributed by atoms with Gasteiger partial charge < -0.3 is 81.7 Å². The van der Waals surface area contributed by atoms with Gasteiger partial charge in [-0.1, -0.05) is 24.3 Å². The molecule has 16 nitrogen and oxygen atoms in total. The normalized spacial score (nSPS) is 18.9. The molecule has 0 saturated heterocycles. The van der Waals surface area contributed by atoms with E-state index in [1.54, 1.807) is 0 Å². The van der Waals surface area contributed by atoms with Gasteiger partial charge in [-0.15, -0.1) is 0 Å². The van der Waals surface area contributed by atoms with Crippen molar-refractivity contribution in [1.29, 1.82) is 0 Å². The monoisotopic (exact) mass is 922 g/mol. The van der Waals surface area contributed by atoms with Crippen molar-refractivity contribution < 1.29 is 81.7 Å². The number of fused-ring (bicyclic) bond motifs is 8. The van der Waals surface area contributed by atoms with Gasteiger partial charge in [-0.25, -0.2) is 0 Å². The number of benzene rings is 7. The molecule has 0 heterocycles. The van der Waals surface area contributed by atoms with Crippen LogP contribution in [-0.4, -0.2) is 81.7 Å². The zero-order valence-electron chi connectivity index (χ0n) is 35.2. The highest BCUT2D eigenvalue weighted by molar-refractivity contribution is 5.67. The molecule has 346 valence electrons. The molecule has 7 aromatic carbocycles. The first-order valence-corrected chi connectivity index (χ1v) is 20.9. The van der Waals surface area contributed by atoms with Gasteiger partial charge in [0.25, 0.3) is 0 Å². The standard InChI is InChI=1S/C52H42O16/c53-33-5-1-21(9-45(33)65)49-25-13-27(39(59)17-37(25)57)50(22-2-6-34(54)46(66)10-22)29-15-31(43(63)19-41(29)61)52(24-4-8-36(56)48(68)12-24)32-16-30(42(62)20-44(32)64)51(23-3-7-35(55)47(67)11-23)28-14-26(49)38(58)18-40(28)60/h1-11,13-20,24,49-68H,12H2. The highest BCUT2D eigenvalue weighted by Gasteiger charge is 2.37. The molecule has 0 aromatic heterocycles. The van der Waals surface area contributed by atoms with Crippen LogP contribution in [0.2, 0.25) is 0 Å². The first-order chi connectivity index (χ1) is 32.3. The molecule has 9 rings (SSSR count). The molecular formula is C52H42O16. The first-order valence-electron chi connectivity index (χ1n) is 20.9.